The van der Waals surface area contributed by atoms with Gasteiger partial charge in [0.25, 0.3) is 5.69 Å². The topological polar surface area (TPSA) is 80.2 Å². The van der Waals surface area contributed by atoms with Crippen molar-refractivity contribution in [1.29, 1.82) is 0 Å². The van der Waals surface area contributed by atoms with Crippen molar-refractivity contribution in [1.82, 2.24) is 0 Å². The summed E-state index contributed by atoms with van der Waals surface area (Å²) in [6, 6.07) is 8.75. The molecule has 0 atom stereocenters. The largest absolute Gasteiger partial charge is 0.278 e. The maximum absolute atomic E-state index is 13.6. The predicted molar refractivity (Wildman–Crippen MR) is 104 cm³/mol. The van der Waals surface area contributed by atoms with Crippen LogP contribution in [0.3, 0.4) is 0 Å². The van der Waals surface area contributed by atoms with Crippen LogP contribution in [-0.4, -0.2) is 27.8 Å². The number of hydrogen-bond donors (Lipinski definition) is 0. The molecular formula is C16H9Cl2FN4O2S. The molecule has 0 bridgehead atoms. The van der Waals surface area contributed by atoms with Crippen molar-refractivity contribution in [2.24, 2.45) is 15.2 Å². The molecule has 10 heteroatoms. The highest BCUT2D eigenvalue weighted by Gasteiger charge is 2.17. The average molecular weight is 411 g/mol. The molecule has 26 heavy (non-hydrogen) atoms. The summed E-state index contributed by atoms with van der Waals surface area (Å²) in [5.74, 6) is -0.226. The van der Waals surface area contributed by atoms with Crippen LogP contribution in [0, 0.1) is 15.9 Å². The zero-order chi connectivity index (χ0) is 18.7. The molecule has 0 spiro atoms. The summed E-state index contributed by atoms with van der Waals surface area (Å²) in [6.07, 6.45) is 1.36. The standard InChI is InChI=1S/C16H9Cl2FN4O2S/c17-11-6-12(18)13(19)5-10(11)14-8-26-16(22-21-14)20-7-9-3-1-2-4-15(9)23(24)25/h1-7H,8H2/b20-7-. The van der Waals surface area contributed by atoms with Gasteiger partial charge in [0.15, 0.2) is 0 Å². The second kappa shape index (κ2) is 7.94. The van der Waals surface area contributed by atoms with Gasteiger partial charge in [-0.1, -0.05) is 47.1 Å². The summed E-state index contributed by atoms with van der Waals surface area (Å²) in [5.41, 5.74) is 1.20. The van der Waals surface area contributed by atoms with Gasteiger partial charge < -0.3 is 0 Å². The van der Waals surface area contributed by atoms with Crippen molar-refractivity contribution in [3.63, 3.8) is 0 Å². The van der Waals surface area contributed by atoms with Crippen LogP contribution in [0.25, 0.3) is 0 Å². The van der Waals surface area contributed by atoms with Gasteiger partial charge in [-0.3, -0.25) is 10.1 Å². The lowest BCUT2D eigenvalue weighted by Crippen LogP contribution is -2.11. The molecule has 0 saturated carbocycles. The summed E-state index contributed by atoms with van der Waals surface area (Å²) in [4.78, 5) is 14.6. The molecule has 0 fully saturated rings. The van der Waals surface area contributed by atoms with E-state index in [0.717, 1.165) is 0 Å². The molecule has 0 radical (unpaired) electrons. The molecular weight excluding hydrogens is 402 g/mol. The van der Waals surface area contributed by atoms with Crippen LogP contribution in [0.1, 0.15) is 11.1 Å². The SMILES string of the molecule is O=[N+]([O-])c1ccccc1/C=N\C1=NN=C(c2cc(F)c(Cl)cc2Cl)CS1. The number of nitro groups is 1. The van der Waals surface area contributed by atoms with E-state index in [4.69, 9.17) is 23.2 Å². The van der Waals surface area contributed by atoms with Gasteiger partial charge in [0, 0.05) is 23.6 Å². The number of benzene rings is 2. The smallest absolute Gasteiger partial charge is 0.258 e. The molecule has 1 aliphatic rings. The van der Waals surface area contributed by atoms with Crippen molar-refractivity contribution in [3.05, 3.63) is 73.5 Å². The zero-order valence-corrected chi connectivity index (χ0v) is 15.2. The normalized spacial score (nSPS) is 14.3. The molecule has 3 rings (SSSR count). The molecule has 132 valence electrons. The first-order valence-electron chi connectivity index (χ1n) is 7.15. The molecule has 0 unspecified atom stereocenters. The summed E-state index contributed by atoms with van der Waals surface area (Å²) in [5, 5.41) is 19.5. The monoisotopic (exact) mass is 410 g/mol. The molecule has 0 aromatic heterocycles. The molecule has 1 aliphatic heterocycles. The van der Waals surface area contributed by atoms with E-state index in [9.17, 15) is 14.5 Å². The van der Waals surface area contributed by atoms with Gasteiger partial charge in [0.05, 0.1) is 26.2 Å². The fourth-order valence-electron chi connectivity index (χ4n) is 2.12. The minimum absolute atomic E-state index is 0.0507. The van der Waals surface area contributed by atoms with Crippen molar-refractivity contribution < 1.29 is 9.31 Å². The third-order valence-electron chi connectivity index (χ3n) is 3.36. The summed E-state index contributed by atoms with van der Waals surface area (Å²) in [6.45, 7) is 0. The number of para-hydroxylation sites is 1. The molecule has 0 N–H and O–H groups in total. The third kappa shape index (κ3) is 4.09. The van der Waals surface area contributed by atoms with Crippen molar-refractivity contribution in [2.75, 3.05) is 5.75 Å². The number of nitro benzene ring substituents is 1. The van der Waals surface area contributed by atoms with Crippen LogP contribution < -0.4 is 0 Å². The minimum atomic E-state index is -0.594. The number of hydrogen-bond acceptors (Lipinski definition) is 6. The Hall–Kier alpha value is -2.29. The molecule has 2 aromatic rings. The van der Waals surface area contributed by atoms with E-state index < -0.39 is 10.7 Å². The lowest BCUT2D eigenvalue weighted by molar-refractivity contribution is -0.385. The fourth-order valence-corrected chi connectivity index (χ4v) is 3.32. The first kappa shape index (κ1) is 18.5. The second-order valence-corrected chi connectivity index (χ2v) is 6.80. The first-order chi connectivity index (χ1) is 12.5. The Labute approximate surface area is 161 Å². The number of halogens is 3. The van der Waals surface area contributed by atoms with Crippen LogP contribution in [0.2, 0.25) is 10.0 Å². The van der Waals surface area contributed by atoms with Crippen molar-refractivity contribution >= 4 is 57.7 Å². The quantitative estimate of drug-likeness (QED) is 0.310. The van der Waals surface area contributed by atoms with Crippen LogP contribution in [-0.2, 0) is 0 Å². The van der Waals surface area contributed by atoms with E-state index in [0.29, 0.717) is 27.8 Å². The Bertz CT molecular complexity index is 979. The number of nitrogens with zero attached hydrogens (tertiary/aromatic N) is 4. The molecule has 0 amide bonds. The summed E-state index contributed by atoms with van der Waals surface area (Å²) >= 11 is 13.0. The van der Waals surface area contributed by atoms with E-state index in [-0.39, 0.29) is 15.7 Å². The average Bonchev–Trinajstić information content (AvgIpc) is 2.63. The Morgan fingerprint density at radius 3 is 2.69 bits per heavy atom. The predicted octanol–water partition coefficient (Wildman–Crippen LogP) is 4.97. The minimum Gasteiger partial charge on any atom is -0.258 e. The van der Waals surface area contributed by atoms with Gasteiger partial charge in [-0.2, -0.15) is 5.10 Å². The number of amidine groups is 1. The van der Waals surface area contributed by atoms with Gasteiger partial charge in [0.1, 0.15) is 5.82 Å². The number of rotatable bonds is 3. The zero-order valence-electron chi connectivity index (χ0n) is 12.9. The summed E-state index contributed by atoms with van der Waals surface area (Å²) < 4.78 is 13.6. The van der Waals surface area contributed by atoms with E-state index >= 15 is 0 Å². The molecule has 2 aromatic carbocycles. The number of thioether (sulfide) groups is 1. The van der Waals surface area contributed by atoms with Gasteiger partial charge >= 0.3 is 0 Å². The van der Waals surface area contributed by atoms with Crippen molar-refractivity contribution in [2.45, 2.75) is 0 Å². The fraction of sp³-hybridized carbons (Fsp3) is 0.0625. The highest BCUT2D eigenvalue weighted by atomic mass is 35.5. The van der Waals surface area contributed by atoms with Crippen LogP contribution >= 0.6 is 35.0 Å². The molecule has 6 nitrogen and oxygen atoms in total. The highest BCUT2D eigenvalue weighted by Crippen LogP contribution is 2.27. The van der Waals surface area contributed by atoms with Crippen molar-refractivity contribution in [3.8, 4) is 0 Å². The van der Waals surface area contributed by atoms with Crippen LogP contribution in [0.15, 0.2) is 51.6 Å². The third-order valence-corrected chi connectivity index (χ3v) is 4.83. The lowest BCUT2D eigenvalue weighted by Gasteiger charge is -2.11. The van der Waals surface area contributed by atoms with E-state index in [1.807, 2.05) is 0 Å². The van der Waals surface area contributed by atoms with Crippen LogP contribution in [0.5, 0.6) is 0 Å². The Kier molecular flexibility index (Phi) is 5.65. The van der Waals surface area contributed by atoms with Crippen LogP contribution in [0.4, 0.5) is 10.1 Å². The Morgan fingerprint density at radius 2 is 2.00 bits per heavy atom. The van der Waals surface area contributed by atoms with Gasteiger partial charge in [-0.15, -0.1) is 5.10 Å². The summed E-state index contributed by atoms with van der Waals surface area (Å²) in [7, 11) is 0. The van der Waals surface area contributed by atoms with Gasteiger partial charge in [-0.05, 0) is 18.2 Å². The maximum Gasteiger partial charge on any atom is 0.278 e. The molecule has 0 saturated heterocycles. The molecule has 0 aliphatic carbocycles. The second-order valence-electron chi connectivity index (χ2n) is 5.04. The van der Waals surface area contributed by atoms with E-state index in [2.05, 4.69) is 15.2 Å². The first-order valence-corrected chi connectivity index (χ1v) is 8.89. The molecule has 1 heterocycles. The number of aliphatic imine (C=N–C) groups is 1. The lowest BCUT2D eigenvalue weighted by atomic mass is 10.1. The van der Waals surface area contributed by atoms with Gasteiger partial charge in [-0.25, -0.2) is 9.38 Å². The highest BCUT2D eigenvalue weighted by molar-refractivity contribution is 8.14. The Balaban J connectivity index is 1.84. The van der Waals surface area contributed by atoms with Gasteiger partial charge in [0.2, 0.25) is 5.17 Å². The maximum atomic E-state index is 13.6. The van der Waals surface area contributed by atoms with E-state index in [1.165, 1.54) is 36.2 Å². The Morgan fingerprint density at radius 1 is 1.23 bits per heavy atom. The van der Waals surface area contributed by atoms with E-state index in [1.54, 1.807) is 18.2 Å².